The summed E-state index contributed by atoms with van der Waals surface area (Å²) in [6, 6.07) is 5.21. The lowest BCUT2D eigenvalue weighted by molar-refractivity contribution is 0.203. The Kier molecular flexibility index (Phi) is 3.76. The fourth-order valence-electron chi connectivity index (χ4n) is 1.78. The molecule has 0 unspecified atom stereocenters. The zero-order valence-corrected chi connectivity index (χ0v) is 10.3. The highest BCUT2D eigenvalue weighted by molar-refractivity contribution is 5.76. The average molecular weight is 251 g/mol. The van der Waals surface area contributed by atoms with Crippen molar-refractivity contribution in [3.63, 3.8) is 0 Å². The van der Waals surface area contributed by atoms with Crippen LogP contribution < -0.4 is 20.5 Å². The molecule has 6 nitrogen and oxygen atoms in total. The minimum Gasteiger partial charge on any atom is -0.497 e. The number of anilines is 1. The first-order valence-electron chi connectivity index (χ1n) is 5.80. The molecule has 18 heavy (non-hydrogen) atoms. The fourth-order valence-corrected chi connectivity index (χ4v) is 1.78. The standard InChI is InChI=1S/C12H17N3O3/c1-17-9-2-3-11(10(13)8-9)18-7-6-15-5-4-14-12(15)16/h2-3,8H,4-7,13H2,1H3,(H,14,16). The molecule has 0 aromatic heterocycles. The van der Waals surface area contributed by atoms with Gasteiger partial charge in [0.15, 0.2) is 0 Å². The van der Waals surface area contributed by atoms with Crippen LogP contribution in [0.5, 0.6) is 11.5 Å². The number of nitrogens with two attached hydrogens (primary N) is 1. The molecule has 6 heteroatoms. The number of nitrogen functional groups attached to an aromatic ring is 1. The van der Waals surface area contributed by atoms with E-state index in [4.69, 9.17) is 15.2 Å². The molecule has 3 N–H and O–H groups in total. The van der Waals surface area contributed by atoms with E-state index in [0.717, 1.165) is 6.54 Å². The molecule has 0 saturated carbocycles. The molecule has 1 aliphatic heterocycles. The Morgan fingerprint density at radius 3 is 2.94 bits per heavy atom. The Balaban J connectivity index is 1.84. The van der Waals surface area contributed by atoms with E-state index < -0.39 is 0 Å². The van der Waals surface area contributed by atoms with E-state index >= 15 is 0 Å². The highest BCUT2D eigenvalue weighted by Crippen LogP contribution is 2.26. The van der Waals surface area contributed by atoms with Gasteiger partial charge in [0, 0.05) is 19.2 Å². The first-order chi connectivity index (χ1) is 8.70. The summed E-state index contributed by atoms with van der Waals surface area (Å²) in [5.41, 5.74) is 6.35. The molecule has 0 bridgehead atoms. The predicted octanol–water partition coefficient (Wildman–Crippen LogP) is 0.681. The monoisotopic (exact) mass is 251 g/mol. The number of nitrogens with zero attached hydrogens (tertiary/aromatic N) is 1. The molecule has 0 radical (unpaired) electrons. The van der Waals surface area contributed by atoms with Crippen molar-refractivity contribution in [3.8, 4) is 11.5 Å². The van der Waals surface area contributed by atoms with Crippen LogP contribution in [0.15, 0.2) is 18.2 Å². The lowest BCUT2D eigenvalue weighted by Crippen LogP contribution is -2.31. The van der Waals surface area contributed by atoms with Crippen LogP contribution in [0.4, 0.5) is 10.5 Å². The van der Waals surface area contributed by atoms with Crippen molar-refractivity contribution in [2.45, 2.75) is 0 Å². The number of nitrogens with one attached hydrogen (secondary N) is 1. The SMILES string of the molecule is COc1ccc(OCCN2CCNC2=O)c(N)c1. The topological polar surface area (TPSA) is 76.8 Å². The molecular weight excluding hydrogens is 234 g/mol. The molecule has 1 aromatic rings. The molecule has 2 rings (SSSR count). The minimum absolute atomic E-state index is 0.0405. The van der Waals surface area contributed by atoms with Crippen molar-refractivity contribution >= 4 is 11.7 Å². The van der Waals surface area contributed by atoms with E-state index in [1.807, 2.05) is 0 Å². The van der Waals surface area contributed by atoms with Gasteiger partial charge in [-0.05, 0) is 12.1 Å². The molecule has 0 aliphatic carbocycles. The summed E-state index contributed by atoms with van der Waals surface area (Å²) in [6.07, 6.45) is 0. The number of amides is 2. The molecule has 2 amide bonds. The van der Waals surface area contributed by atoms with Gasteiger partial charge < -0.3 is 25.4 Å². The largest absolute Gasteiger partial charge is 0.497 e. The second kappa shape index (κ2) is 5.48. The van der Waals surface area contributed by atoms with E-state index in [-0.39, 0.29) is 6.03 Å². The Morgan fingerprint density at radius 1 is 1.50 bits per heavy atom. The summed E-state index contributed by atoms with van der Waals surface area (Å²) in [5, 5.41) is 2.73. The van der Waals surface area contributed by atoms with Crippen LogP contribution in [-0.2, 0) is 0 Å². The zero-order valence-electron chi connectivity index (χ0n) is 10.3. The van der Waals surface area contributed by atoms with Gasteiger partial charge in [-0.3, -0.25) is 0 Å². The number of ether oxygens (including phenoxy) is 2. The quantitative estimate of drug-likeness (QED) is 0.754. The van der Waals surface area contributed by atoms with Gasteiger partial charge in [-0.1, -0.05) is 0 Å². The first-order valence-corrected chi connectivity index (χ1v) is 5.80. The Bertz CT molecular complexity index is 437. The van der Waals surface area contributed by atoms with Crippen LogP contribution in [0.3, 0.4) is 0 Å². The number of methoxy groups -OCH3 is 1. The van der Waals surface area contributed by atoms with Gasteiger partial charge >= 0.3 is 6.03 Å². The van der Waals surface area contributed by atoms with E-state index in [1.54, 1.807) is 30.2 Å². The maximum atomic E-state index is 11.3. The predicted molar refractivity (Wildman–Crippen MR) is 67.9 cm³/mol. The van der Waals surface area contributed by atoms with Crippen LogP contribution >= 0.6 is 0 Å². The highest BCUT2D eigenvalue weighted by Gasteiger charge is 2.18. The Labute approximate surface area is 106 Å². The van der Waals surface area contributed by atoms with Crippen LogP contribution in [0.1, 0.15) is 0 Å². The lowest BCUT2D eigenvalue weighted by atomic mass is 10.3. The normalized spacial score (nSPS) is 14.5. The van der Waals surface area contributed by atoms with Crippen LogP contribution in [0.2, 0.25) is 0 Å². The van der Waals surface area contributed by atoms with E-state index in [1.165, 1.54) is 0 Å². The molecular formula is C12H17N3O3. The summed E-state index contributed by atoms with van der Waals surface area (Å²) in [7, 11) is 1.58. The smallest absolute Gasteiger partial charge is 0.317 e. The maximum absolute atomic E-state index is 11.3. The highest BCUT2D eigenvalue weighted by atomic mass is 16.5. The summed E-state index contributed by atoms with van der Waals surface area (Å²) < 4.78 is 10.6. The fraction of sp³-hybridized carbons (Fsp3) is 0.417. The van der Waals surface area contributed by atoms with Gasteiger partial charge in [0.25, 0.3) is 0 Å². The van der Waals surface area contributed by atoms with Crippen molar-refractivity contribution in [1.82, 2.24) is 10.2 Å². The van der Waals surface area contributed by atoms with Gasteiger partial charge in [0.2, 0.25) is 0 Å². The molecule has 1 saturated heterocycles. The molecule has 1 fully saturated rings. The van der Waals surface area contributed by atoms with E-state index in [2.05, 4.69) is 5.32 Å². The number of carbonyl (C=O) groups excluding carboxylic acids is 1. The van der Waals surface area contributed by atoms with Crippen molar-refractivity contribution in [3.05, 3.63) is 18.2 Å². The van der Waals surface area contributed by atoms with Crippen molar-refractivity contribution in [2.24, 2.45) is 0 Å². The number of benzene rings is 1. The van der Waals surface area contributed by atoms with Crippen molar-refractivity contribution in [1.29, 1.82) is 0 Å². The van der Waals surface area contributed by atoms with Gasteiger partial charge in [-0.15, -0.1) is 0 Å². The van der Waals surface area contributed by atoms with Crippen LogP contribution in [0, 0.1) is 0 Å². The first kappa shape index (κ1) is 12.3. The number of carbonyl (C=O) groups is 1. The molecule has 1 heterocycles. The van der Waals surface area contributed by atoms with Gasteiger partial charge in [-0.25, -0.2) is 4.79 Å². The summed E-state index contributed by atoms with van der Waals surface area (Å²) >= 11 is 0. The lowest BCUT2D eigenvalue weighted by Gasteiger charge is -2.15. The van der Waals surface area contributed by atoms with E-state index in [9.17, 15) is 4.79 Å². The van der Waals surface area contributed by atoms with E-state index in [0.29, 0.717) is 36.9 Å². The average Bonchev–Trinajstić information content (AvgIpc) is 2.77. The number of hydrogen-bond donors (Lipinski definition) is 2. The number of hydrogen-bond acceptors (Lipinski definition) is 4. The minimum atomic E-state index is -0.0405. The van der Waals surface area contributed by atoms with Gasteiger partial charge in [0.05, 0.1) is 19.3 Å². The molecule has 1 aliphatic rings. The molecule has 0 atom stereocenters. The summed E-state index contributed by atoms with van der Waals surface area (Å²) in [6.45, 7) is 2.39. The Morgan fingerprint density at radius 2 is 2.33 bits per heavy atom. The summed E-state index contributed by atoms with van der Waals surface area (Å²) in [4.78, 5) is 13.0. The van der Waals surface area contributed by atoms with Crippen LogP contribution in [0.25, 0.3) is 0 Å². The maximum Gasteiger partial charge on any atom is 0.317 e. The molecule has 1 aromatic carbocycles. The third kappa shape index (κ3) is 2.77. The number of urea groups is 1. The van der Waals surface area contributed by atoms with Crippen molar-refractivity contribution < 1.29 is 14.3 Å². The van der Waals surface area contributed by atoms with Gasteiger partial charge in [-0.2, -0.15) is 0 Å². The third-order valence-corrected chi connectivity index (χ3v) is 2.78. The second-order valence-corrected chi connectivity index (χ2v) is 3.97. The van der Waals surface area contributed by atoms with Crippen LogP contribution in [-0.4, -0.2) is 44.3 Å². The second-order valence-electron chi connectivity index (χ2n) is 3.97. The van der Waals surface area contributed by atoms with Gasteiger partial charge in [0.1, 0.15) is 18.1 Å². The third-order valence-electron chi connectivity index (χ3n) is 2.78. The van der Waals surface area contributed by atoms with Crippen molar-refractivity contribution in [2.75, 3.05) is 39.1 Å². The summed E-state index contributed by atoms with van der Waals surface area (Å²) in [5.74, 6) is 1.30. The molecule has 0 spiro atoms. The Hall–Kier alpha value is -2.11. The number of rotatable bonds is 5. The zero-order chi connectivity index (χ0) is 13.0. The molecule has 98 valence electrons.